The molecule has 0 aliphatic carbocycles. The number of ether oxygens (including phenoxy) is 1. The normalized spacial score (nSPS) is 11.1. The van der Waals surface area contributed by atoms with Crippen LogP contribution in [0.1, 0.15) is 22.8 Å². The first-order chi connectivity index (χ1) is 12.0. The molecule has 7 heteroatoms. The van der Waals surface area contributed by atoms with Gasteiger partial charge in [0.2, 0.25) is 10.0 Å². The SMILES string of the molecule is CCNS(=O)(=O)c1cc(C(=O)NCCc2ccccc2)ccc1OC. The van der Waals surface area contributed by atoms with Gasteiger partial charge in [-0.05, 0) is 30.2 Å². The Hall–Kier alpha value is -2.38. The van der Waals surface area contributed by atoms with Crippen molar-refractivity contribution in [3.05, 3.63) is 59.7 Å². The number of sulfonamides is 1. The van der Waals surface area contributed by atoms with Gasteiger partial charge in [0.1, 0.15) is 10.6 Å². The van der Waals surface area contributed by atoms with E-state index in [0.717, 1.165) is 5.56 Å². The Balaban J connectivity index is 2.12. The fraction of sp³-hybridized carbons (Fsp3) is 0.278. The average Bonchev–Trinajstić information content (AvgIpc) is 2.62. The summed E-state index contributed by atoms with van der Waals surface area (Å²) in [4.78, 5) is 12.3. The van der Waals surface area contributed by atoms with Crippen LogP contribution in [-0.2, 0) is 16.4 Å². The van der Waals surface area contributed by atoms with E-state index in [1.165, 1.54) is 19.2 Å². The third kappa shape index (κ3) is 5.04. The molecule has 0 saturated heterocycles. The maximum absolute atomic E-state index is 12.3. The molecule has 0 aliphatic rings. The topological polar surface area (TPSA) is 84.5 Å². The lowest BCUT2D eigenvalue weighted by Gasteiger charge is -2.12. The van der Waals surface area contributed by atoms with Gasteiger partial charge in [0.15, 0.2) is 0 Å². The summed E-state index contributed by atoms with van der Waals surface area (Å²) in [6.07, 6.45) is 0.700. The molecule has 2 N–H and O–H groups in total. The standard InChI is InChI=1S/C18H22N2O4S/c1-3-20-25(22,23)17-13-15(9-10-16(17)24-2)18(21)19-12-11-14-7-5-4-6-8-14/h4-10,13,20H,3,11-12H2,1-2H3,(H,19,21). The molecule has 1 amide bonds. The van der Waals surface area contributed by atoms with E-state index >= 15 is 0 Å². The molecular formula is C18H22N2O4S. The predicted octanol–water partition coefficient (Wildman–Crippen LogP) is 1.97. The van der Waals surface area contributed by atoms with Crippen LogP contribution in [0.3, 0.4) is 0 Å². The van der Waals surface area contributed by atoms with Crippen LogP contribution >= 0.6 is 0 Å². The van der Waals surface area contributed by atoms with Crippen molar-refractivity contribution in [2.45, 2.75) is 18.2 Å². The molecule has 2 aromatic carbocycles. The Morgan fingerprint density at radius 3 is 2.48 bits per heavy atom. The highest BCUT2D eigenvalue weighted by atomic mass is 32.2. The van der Waals surface area contributed by atoms with E-state index in [4.69, 9.17) is 4.74 Å². The van der Waals surface area contributed by atoms with E-state index in [-0.39, 0.29) is 28.7 Å². The van der Waals surface area contributed by atoms with Crippen LogP contribution in [-0.4, -0.2) is 34.5 Å². The third-order valence-corrected chi connectivity index (χ3v) is 5.16. The second kappa shape index (κ2) is 8.64. The number of amides is 1. The first-order valence-electron chi connectivity index (χ1n) is 7.97. The molecule has 2 aromatic rings. The predicted molar refractivity (Wildman–Crippen MR) is 96.3 cm³/mol. The van der Waals surface area contributed by atoms with Crippen LogP contribution in [0.2, 0.25) is 0 Å². The largest absolute Gasteiger partial charge is 0.495 e. The minimum absolute atomic E-state index is 0.0486. The van der Waals surface area contributed by atoms with Crippen LogP contribution in [0.15, 0.2) is 53.4 Å². The van der Waals surface area contributed by atoms with E-state index in [1.54, 1.807) is 13.0 Å². The molecule has 0 spiro atoms. The highest BCUT2D eigenvalue weighted by molar-refractivity contribution is 7.89. The van der Waals surface area contributed by atoms with Crippen molar-refractivity contribution in [2.24, 2.45) is 0 Å². The molecule has 0 aliphatic heterocycles. The van der Waals surface area contributed by atoms with Gasteiger partial charge in [0, 0.05) is 18.7 Å². The summed E-state index contributed by atoms with van der Waals surface area (Å²) in [6.45, 7) is 2.40. The quantitative estimate of drug-likeness (QED) is 0.752. The number of methoxy groups -OCH3 is 1. The first kappa shape index (κ1) is 19.0. The number of carbonyl (C=O) groups excluding carboxylic acids is 1. The van der Waals surface area contributed by atoms with Crippen molar-refractivity contribution in [3.8, 4) is 5.75 Å². The highest BCUT2D eigenvalue weighted by Gasteiger charge is 2.20. The van der Waals surface area contributed by atoms with Gasteiger partial charge in [-0.3, -0.25) is 4.79 Å². The van der Waals surface area contributed by atoms with Crippen molar-refractivity contribution < 1.29 is 17.9 Å². The lowest BCUT2D eigenvalue weighted by atomic mass is 10.1. The number of benzene rings is 2. The summed E-state index contributed by atoms with van der Waals surface area (Å²) in [6, 6.07) is 14.1. The number of rotatable bonds is 8. The van der Waals surface area contributed by atoms with E-state index in [0.29, 0.717) is 13.0 Å². The van der Waals surface area contributed by atoms with Crippen molar-refractivity contribution in [1.82, 2.24) is 10.0 Å². The van der Waals surface area contributed by atoms with Gasteiger partial charge in [-0.1, -0.05) is 37.3 Å². The maximum Gasteiger partial charge on any atom is 0.251 e. The molecule has 134 valence electrons. The second-order valence-electron chi connectivity index (χ2n) is 5.36. The lowest BCUT2D eigenvalue weighted by Crippen LogP contribution is -2.27. The molecule has 0 heterocycles. The van der Waals surface area contributed by atoms with Crippen molar-refractivity contribution in [2.75, 3.05) is 20.2 Å². The number of hydrogen-bond donors (Lipinski definition) is 2. The minimum Gasteiger partial charge on any atom is -0.495 e. The van der Waals surface area contributed by atoms with E-state index in [9.17, 15) is 13.2 Å². The summed E-state index contributed by atoms with van der Waals surface area (Å²) >= 11 is 0. The van der Waals surface area contributed by atoms with Crippen molar-refractivity contribution >= 4 is 15.9 Å². The zero-order chi connectivity index (χ0) is 18.3. The summed E-state index contributed by atoms with van der Waals surface area (Å²) in [5, 5.41) is 2.80. The van der Waals surface area contributed by atoms with Crippen LogP contribution in [0.4, 0.5) is 0 Å². The smallest absolute Gasteiger partial charge is 0.251 e. The molecule has 6 nitrogen and oxygen atoms in total. The fourth-order valence-corrected chi connectivity index (χ4v) is 3.60. The molecule has 0 fully saturated rings. The molecule has 0 radical (unpaired) electrons. The molecule has 2 rings (SSSR count). The molecule has 0 unspecified atom stereocenters. The molecular weight excluding hydrogens is 340 g/mol. The van der Waals surface area contributed by atoms with Gasteiger partial charge >= 0.3 is 0 Å². The molecule has 0 saturated carbocycles. The molecule has 0 bridgehead atoms. The number of nitrogens with one attached hydrogen (secondary N) is 2. The Labute approximate surface area is 148 Å². The lowest BCUT2D eigenvalue weighted by molar-refractivity contribution is 0.0954. The third-order valence-electron chi connectivity index (χ3n) is 3.59. The Morgan fingerprint density at radius 1 is 1.12 bits per heavy atom. The minimum atomic E-state index is -3.73. The zero-order valence-corrected chi connectivity index (χ0v) is 15.1. The number of hydrogen-bond acceptors (Lipinski definition) is 4. The van der Waals surface area contributed by atoms with Crippen LogP contribution in [0.25, 0.3) is 0 Å². The maximum atomic E-state index is 12.3. The first-order valence-corrected chi connectivity index (χ1v) is 9.46. The average molecular weight is 362 g/mol. The Kier molecular flexibility index (Phi) is 6.55. The van der Waals surface area contributed by atoms with Crippen LogP contribution < -0.4 is 14.8 Å². The van der Waals surface area contributed by atoms with Crippen molar-refractivity contribution in [1.29, 1.82) is 0 Å². The second-order valence-corrected chi connectivity index (χ2v) is 7.09. The van der Waals surface area contributed by atoms with Crippen molar-refractivity contribution in [3.63, 3.8) is 0 Å². The zero-order valence-electron chi connectivity index (χ0n) is 14.3. The fourth-order valence-electron chi connectivity index (χ4n) is 2.36. The van der Waals surface area contributed by atoms with Crippen LogP contribution in [0.5, 0.6) is 5.75 Å². The number of carbonyl (C=O) groups is 1. The van der Waals surface area contributed by atoms with Gasteiger partial charge in [-0.25, -0.2) is 13.1 Å². The molecule has 0 aromatic heterocycles. The monoisotopic (exact) mass is 362 g/mol. The summed E-state index contributed by atoms with van der Waals surface area (Å²) in [5.41, 5.74) is 1.39. The summed E-state index contributed by atoms with van der Waals surface area (Å²) < 4.78 is 32.0. The summed E-state index contributed by atoms with van der Waals surface area (Å²) in [5.74, 6) is -0.131. The van der Waals surface area contributed by atoms with E-state index in [2.05, 4.69) is 10.0 Å². The van der Waals surface area contributed by atoms with Gasteiger partial charge in [0.25, 0.3) is 5.91 Å². The molecule has 0 atom stereocenters. The van der Waals surface area contributed by atoms with E-state index in [1.807, 2.05) is 30.3 Å². The Bertz CT molecular complexity index is 820. The van der Waals surface area contributed by atoms with Gasteiger partial charge < -0.3 is 10.1 Å². The van der Waals surface area contributed by atoms with Gasteiger partial charge in [0.05, 0.1) is 7.11 Å². The Morgan fingerprint density at radius 2 is 1.84 bits per heavy atom. The summed E-state index contributed by atoms with van der Waals surface area (Å²) in [7, 11) is -2.34. The molecule has 25 heavy (non-hydrogen) atoms. The van der Waals surface area contributed by atoms with Gasteiger partial charge in [-0.2, -0.15) is 0 Å². The van der Waals surface area contributed by atoms with Crippen LogP contribution in [0, 0.1) is 0 Å². The van der Waals surface area contributed by atoms with E-state index < -0.39 is 10.0 Å². The highest BCUT2D eigenvalue weighted by Crippen LogP contribution is 2.24. The van der Waals surface area contributed by atoms with Gasteiger partial charge in [-0.15, -0.1) is 0 Å².